The van der Waals surface area contributed by atoms with Crippen LogP contribution in [0, 0.1) is 6.92 Å². The first kappa shape index (κ1) is 18.2. The lowest BCUT2D eigenvalue weighted by molar-refractivity contribution is 0.174. The Morgan fingerprint density at radius 1 is 1.07 bits per heavy atom. The maximum Gasteiger partial charge on any atom is 0.231 e. The third kappa shape index (κ3) is 3.35. The molecule has 0 saturated carbocycles. The zero-order valence-electron chi connectivity index (χ0n) is 16.3. The number of aromatic nitrogens is 4. The van der Waals surface area contributed by atoms with Gasteiger partial charge in [0.2, 0.25) is 12.7 Å². The molecule has 0 saturated heterocycles. The van der Waals surface area contributed by atoms with Crippen molar-refractivity contribution >= 4 is 28.5 Å². The van der Waals surface area contributed by atoms with Gasteiger partial charge in [0.05, 0.1) is 23.9 Å². The van der Waals surface area contributed by atoms with Crippen LogP contribution in [0.5, 0.6) is 11.5 Å². The van der Waals surface area contributed by atoms with Gasteiger partial charge in [0.25, 0.3) is 0 Å². The Balaban J connectivity index is 1.57. The van der Waals surface area contributed by atoms with E-state index in [-0.39, 0.29) is 13.4 Å². The molecule has 0 radical (unpaired) electrons. The summed E-state index contributed by atoms with van der Waals surface area (Å²) < 4.78 is 12.6. The fourth-order valence-corrected chi connectivity index (χ4v) is 3.25. The number of anilines is 3. The van der Waals surface area contributed by atoms with Gasteiger partial charge in [0, 0.05) is 18.3 Å². The summed E-state index contributed by atoms with van der Waals surface area (Å²) in [6, 6.07) is 13.6. The number of hydrogen-bond acceptors (Lipinski definition) is 8. The summed E-state index contributed by atoms with van der Waals surface area (Å²) in [7, 11) is 0. The molecule has 0 bridgehead atoms. The van der Waals surface area contributed by atoms with Crippen LogP contribution in [0.1, 0.15) is 5.56 Å². The minimum atomic E-state index is -0.0114. The van der Waals surface area contributed by atoms with Crippen LogP contribution in [0.3, 0.4) is 0 Å². The normalized spacial score (nSPS) is 12.3. The average molecular weight is 404 g/mol. The van der Waals surface area contributed by atoms with Crippen molar-refractivity contribution in [3.63, 3.8) is 0 Å². The van der Waals surface area contributed by atoms with E-state index < -0.39 is 0 Å². The summed E-state index contributed by atoms with van der Waals surface area (Å²) in [6.07, 6.45) is 1.72. The lowest BCUT2D eigenvalue weighted by atomic mass is 10.2. The van der Waals surface area contributed by atoms with E-state index >= 15 is 0 Å². The fourth-order valence-electron chi connectivity index (χ4n) is 3.25. The number of fused-ring (bicyclic) bond motifs is 2. The van der Waals surface area contributed by atoms with Gasteiger partial charge in [-0.05, 0) is 31.2 Å². The predicted octanol–water partition coefficient (Wildman–Crippen LogP) is 3.00. The highest BCUT2D eigenvalue weighted by Crippen LogP contribution is 2.35. The van der Waals surface area contributed by atoms with Crippen molar-refractivity contribution in [1.82, 2.24) is 19.7 Å². The van der Waals surface area contributed by atoms with Gasteiger partial charge < -0.3 is 25.2 Å². The monoisotopic (exact) mass is 404 g/mol. The van der Waals surface area contributed by atoms with Crippen LogP contribution in [0.15, 0.2) is 48.7 Å². The van der Waals surface area contributed by atoms with Gasteiger partial charge in [-0.2, -0.15) is 15.1 Å². The largest absolute Gasteiger partial charge is 0.454 e. The van der Waals surface area contributed by atoms with E-state index in [2.05, 4.69) is 20.7 Å². The van der Waals surface area contributed by atoms with E-state index in [0.717, 1.165) is 16.8 Å². The number of hydrogen-bond donors (Lipinski definition) is 3. The zero-order valence-corrected chi connectivity index (χ0v) is 16.3. The molecule has 0 atom stereocenters. The molecule has 9 heteroatoms. The maximum absolute atomic E-state index is 9.23. The number of rotatable bonds is 6. The molecule has 1 aliphatic heterocycles. The number of aliphatic hydroxyl groups is 1. The summed E-state index contributed by atoms with van der Waals surface area (Å²) in [5.74, 6) is 2.37. The molecule has 3 heterocycles. The van der Waals surface area contributed by atoms with Crippen LogP contribution in [-0.4, -0.2) is 44.8 Å². The Labute approximate surface area is 172 Å². The first-order chi connectivity index (χ1) is 14.7. The molecule has 4 aromatic rings. The number of benzene rings is 2. The molecule has 0 fully saturated rings. The maximum atomic E-state index is 9.23. The number of aryl methyl sites for hydroxylation is 1. The van der Waals surface area contributed by atoms with Crippen molar-refractivity contribution < 1.29 is 14.6 Å². The van der Waals surface area contributed by atoms with Crippen LogP contribution in [0.2, 0.25) is 0 Å². The Kier molecular flexibility index (Phi) is 4.56. The standard InChI is InChI=1S/C21H20N6O3/c1-13-2-5-15(6-3-13)27-20-16(11-23-27)19(22-8-9-28)25-21(26-20)24-14-4-7-17-18(10-14)30-12-29-17/h2-7,10-11,28H,8-9,12H2,1H3,(H2,22,24,25,26). The Hall–Kier alpha value is -3.85. The van der Waals surface area contributed by atoms with Crippen molar-refractivity contribution in [3.8, 4) is 17.2 Å². The highest BCUT2D eigenvalue weighted by atomic mass is 16.7. The third-order valence-electron chi connectivity index (χ3n) is 4.74. The average Bonchev–Trinajstić information content (AvgIpc) is 3.39. The molecule has 152 valence electrons. The SMILES string of the molecule is Cc1ccc(-n2ncc3c(NCCO)nc(Nc4ccc5c(c4)OCO5)nc32)cc1. The van der Waals surface area contributed by atoms with Crippen molar-refractivity contribution in [2.24, 2.45) is 0 Å². The van der Waals surface area contributed by atoms with E-state index in [9.17, 15) is 5.11 Å². The second-order valence-corrected chi connectivity index (χ2v) is 6.87. The smallest absolute Gasteiger partial charge is 0.231 e. The minimum Gasteiger partial charge on any atom is -0.454 e. The molecular formula is C21H20N6O3. The summed E-state index contributed by atoms with van der Waals surface area (Å²) in [5.41, 5.74) is 3.49. The van der Waals surface area contributed by atoms with Crippen molar-refractivity contribution in [2.45, 2.75) is 6.92 Å². The minimum absolute atomic E-state index is 0.0114. The third-order valence-corrected chi connectivity index (χ3v) is 4.74. The molecule has 0 spiro atoms. The highest BCUT2D eigenvalue weighted by Gasteiger charge is 2.16. The molecule has 1 aliphatic rings. The van der Waals surface area contributed by atoms with Crippen LogP contribution in [0.25, 0.3) is 16.7 Å². The molecule has 2 aromatic heterocycles. The van der Waals surface area contributed by atoms with E-state index in [4.69, 9.17) is 14.5 Å². The first-order valence-corrected chi connectivity index (χ1v) is 9.55. The van der Waals surface area contributed by atoms with Crippen LogP contribution in [-0.2, 0) is 0 Å². The van der Waals surface area contributed by atoms with Gasteiger partial charge in [0.15, 0.2) is 17.1 Å². The molecule has 30 heavy (non-hydrogen) atoms. The second-order valence-electron chi connectivity index (χ2n) is 6.87. The van der Waals surface area contributed by atoms with Crippen LogP contribution < -0.4 is 20.1 Å². The fraction of sp³-hybridized carbons (Fsp3) is 0.190. The molecular weight excluding hydrogens is 384 g/mol. The van der Waals surface area contributed by atoms with E-state index in [1.165, 1.54) is 5.56 Å². The van der Waals surface area contributed by atoms with Gasteiger partial charge >= 0.3 is 0 Å². The highest BCUT2D eigenvalue weighted by molar-refractivity contribution is 5.88. The number of ether oxygens (including phenoxy) is 2. The second kappa shape index (κ2) is 7.53. The van der Waals surface area contributed by atoms with E-state index in [1.807, 2.05) is 49.4 Å². The molecule has 3 N–H and O–H groups in total. The molecule has 0 aliphatic carbocycles. The summed E-state index contributed by atoms with van der Waals surface area (Å²) >= 11 is 0. The zero-order chi connectivity index (χ0) is 20.5. The summed E-state index contributed by atoms with van der Waals surface area (Å²) in [4.78, 5) is 9.27. The summed E-state index contributed by atoms with van der Waals surface area (Å²) in [5, 5.41) is 20.9. The van der Waals surface area contributed by atoms with E-state index in [1.54, 1.807) is 10.9 Å². The molecule has 0 amide bonds. The van der Waals surface area contributed by atoms with Gasteiger partial charge in [-0.15, -0.1) is 0 Å². The number of nitrogens with one attached hydrogen (secondary N) is 2. The molecule has 2 aromatic carbocycles. The first-order valence-electron chi connectivity index (χ1n) is 9.55. The molecule has 9 nitrogen and oxygen atoms in total. The van der Waals surface area contributed by atoms with Gasteiger partial charge in [-0.1, -0.05) is 17.7 Å². The Morgan fingerprint density at radius 3 is 2.73 bits per heavy atom. The Bertz CT molecular complexity index is 1210. The lowest BCUT2D eigenvalue weighted by Crippen LogP contribution is -2.09. The van der Waals surface area contributed by atoms with Crippen LogP contribution in [0.4, 0.5) is 17.5 Å². The number of aliphatic hydroxyl groups excluding tert-OH is 1. The van der Waals surface area contributed by atoms with Gasteiger partial charge in [-0.25, -0.2) is 4.68 Å². The van der Waals surface area contributed by atoms with Crippen molar-refractivity contribution in [2.75, 3.05) is 30.6 Å². The predicted molar refractivity (Wildman–Crippen MR) is 113 cm³/mol. The van der Waals surface area contributed by atoms with Gasteiger partial charge in [-0.3, -0.25) is 0 Å². The Morgan fingerprint density at radius 2 is 1.90 bits per heavy atom. The van der Waals surface area contributed by atoms with Crippen LogP contribution >= 0.6 is 0 Å². The number of nitrogens with zero attached hydrogens (tertiary/aromatic N) is 4. The summed E-state index contributed by atoms with van der Waals surface area (Å²) in [6.45, 7) is 2.61. The quantitative estimate of drug-likeness (QED) is 0.450. The van der Waals surface area contributed by atoms with Crippen molar-refractivity contribution in [3.05, 3.63) is 54.2 Å². The molecule has 0 unspecified atom stereocenters. The van der Waals surface area contributed by atoms with Gasteiger partial charge in [0.1, 0.15) is 5.82 Å². The molecule has 5 rings (SSSR count). The van der Waals surface area contributed by atoms with E-state index in [0.29, 0.717) is 35.5 Å². The van der Waals surface area contributed by atoms with Crippen molar-refractivity contribution in [1.29, 1.82) is 0 Å². The topological polar surface area (TPSA) is 106 Å². The lowest BCUT2D eigenvalue weighted by Gasteiger charge is -2.11.